The van der Waals surface area contributed by atoms with Crippen LogP contribution in [0.2, 0.25) is 5.02 Å². The minimum atomic E-state index is -1.82. The highest BCUT2D eigenvalue weighted by molar-refractivity contribution is 7.98. The van der Waals surface area contributed by atoms with E-state index in [0.717, 1.165) is 0 Å². The number of fused-ring (bicyclic) bond motifs is 4. The normalized spacial score (nSPS) is 17.4. The van der Waals surface area contributed by atoms with Gasteiger partial charge in [-0.3, -0.25) is 9.59 Å². The predicted octanol–water partition coefficient (Wildman–Crippen LogP) is 4.81. The van der Waals surface area contributed by atoms with Crippen molar-refractivity contribution in [1.29, 1.82) is 5.26 Å². The van der Waals surface area contributed by atoms with Gasteiger partial charge in [0.05, 0.1) is 17.7 Å². The number of aromatic amines is 1. The van der Waals surface area contributed by atoms with Crippen LogP contribution in [0.25, 0.3) is 0 Å². The lowest BCUT2D eigenvalue weighted by Crippen LogP contribution is -2.49. The number of carbonyl (C=O) groups is 1. The Labute approximate surface area is 237 Å². The number of anilines is 2. The fourth-order valence-corrected chi connectivity index (χ4v) is 6.29. The van der Waals surface area contributed by atoms with Crippen LogP contribution in [0.5, 0.6) is 0 Å². The number of aromatic nitrogens is 2. The quantitative estimate of drug-likeness (QED) is 0.232. The Bertz CT molecular complexity index is 1830. The molecular formula is C29H20ClFN6O2S. The van der Waals surface area contributed by atoms with Crippen molar-refractivity contribution < 1.29 is 9.18 Å². The minimum absolute atomic E-state index is 0.0209. The molecule has 1 atom stereocenters. The lowest BCUT2D eigenvalue weighted by Gasteiger charge is -2.34. The number of nitrogens with two attached hydrogens (primary N) is 1. The van der Waals surface area contributed by atoms with E-state index in [1.807, 2.05) is 12.1 Å². The van der Waals surface area contributed by atoms with Gasteiger partial charge in [0, 0.05) is 22.0 Å². The molecule has 2 aliphatic heterocycles. The maximum atomic E-state index is 14.5. The lowest BCUT2D eigenvalue weighted by molar-refractivity contribution is -0.120. The highest BCUT2D eigenvalue weighted by Crippen LogP contribution is 2.53. The van der Waals surface area contributed by atoms with Crippen molar-refractivity contribution in [2.24, 2.45) is 5.73 Å². The van der Waals surface area contributed by atoms with E-state index < -0.39 is 16.9 Å². The molecule has 0 bridgehead atoms. The number of thioether (sulfide) groups is 1. The van der Waals surface area contributed by atoms with Gasteiger partial charge in [-0.15, -0.1) is 0 Å². The van der Waals surface area contributed by atoms with E-state index >= 15 is 0 Å². The number of nitrogens with zero attached hydrogens (tertiary/aromatic N) is 3. The Morgan fingerprint density at radius 1 is 1.10 bits per heavy atom. The van der Waals surface area contributed by atoms with Crippen molar-refractivity contribution in [3.63, 3.8) is 0 Å². The van der Waals surface area contributed by atoms with Crippen LogP contribution in [0.15, 0.2) is 94.1 Å². The summed E-state index contributed by atoms with van der Waals surface area (Å²) in [5.41, 5.74) is 6.19. The Hall–Kier alpha value is -4.59. The number of halogens is 2. The Morgan fingerprint density at radius 3 is 2.65 bits per heavy atom. The zero-order valence-electron chi connectivity index (χ0n) is 20.7. The van der Waals surface area contributed by atoms with E-state index in [9.17, 15) is 19.2 Å². The van der Waals surface area contributed by atoms with Crippen LogP contribution in [0.1, 0.15) is 22.3 Å². The maximum Gasteiger partial charge on any atom is 0.258 e. The molecule has 0 saturated carbocycles. The van der Waals surface area contributed by atoms with Crippen LogP contribution < -0.4 is 21.5 Å². The molecule has 0 aliphatic carbocycles. The van der Waals surface area contributed by atoms with E-state index in [0.29, 0.717) is 33.2 Å². The zero-order chi connectivity index (χ0) is 28.0. The third-order valence-electron chi connectivity index (χ3n) is 7.00. The van der Waals surface area contributed by atoms with E-state index in [2.05, 4.69) is 21.4 Å². The average Bonchev–Trinajstić information content (AvgIpc) is 3.16. The molecule has 1 aromatic heterocycles. The molecule has 4 aromatic rings. The van der Waals surface area contributed by atoms with Crippen LogP contribution in [0.4, 0.5) is 15.9 Å². The number of benzene rings is 3. The first-order valence-corrected chi connectivity index (χ1v) is 13.5. The number of para-hydroxylation sites is 1. The molecule has 0 fully saturated rings. The monoisotopic (exact) mass is 570 g/mol. The van der Waals surface area contributed by atoms with Crippen LogP contribution in [0, 0.1) is 17.1 Å². The number of nitrogens with one attached hydrogen (secondary N) is 2. The van der Waals surface area contributed by atoms with Crippen molar-refractivity contribution in [2.45, 2.75) is 22.9 Å². The summed E-state index contributed by atoms with van der Waals surface area (Å²) in [6.45, 7) is 0.117. The van der Waals surface area contributed by atoms with E-state index in [1.54, 1.807) is 48.5 Å². The summed E-state index contributed by atoms with van der Waals surface area (Å²) in [4.78, 5) is 37.1. The van der Waals surface area contributed by atoms with Crippen LogP contribution >= 0.6 is 23.4 Å². The van der Waals surface area contributed by atoms with Crippen LogP contribution in [-0.2, 0) is 22.5 Å². The zero-order valence-corrected chi connectivity index (χ0v) is 22.3. The maximum absolute atomic E-state index is 14.5. The third-order valence-corrected chi connectivity index (χ3v) is 8.31. The number of hydrogen-bond donors (Lipinski definition) is 3. The molecule has 2 aliphatic rings. The van der Waals surface area contributed by atoms with Crippen molar-refractivity contribution in [1.82, 2.24) is 9.97 Å². The van der Waals surface area contributed by atoms with Crippen molar-refractivity contribution in [3.05, 3.63) is 128 Å². The standard InChI is InChI=1S/C29H20ClFN6O2S/c30-21-10-3-1-7-17(21)14-37-22-11-4-2-9-19(22)29(27(37)39)20(13-32)24(33)34-25-23(29)26(38)36-28(35-25)40-15-16-6-5-8-18(31)12-16/h1-12H,14-15,33H2,(H2,34,35,36,38)/t29-/m0/s1. The molecule has 6 rings (SSSR count). The second-order valence-corrected chi connectivity index (χ2v) is 10.7. The molecule has 4 N–H and O–H groups in total. The summed E-state index contributed by atoms with van der Waals surface area (Å²) >= 11 is 7.62. The first-order chi connectivity index (χ1) is 19.3. The predicted molar refractivity (Wildman–Crippen MR) is 151 cm³/mol. The first kappa shape index (κ1) is 25.7. The summed E-state index contributed by atoms with van der Waals surface area (Å²) in [6, 6.07) is 22.4. The summed E-state index contributed by atoms with van der Waals surface area (Å²) in [7, 11) is 0. The summed E-state index contributed by atoms with van der Waals surface area (Å²) in [5, 5.41) is 13.9. The van der Waals surface area contributed by atoms with E-state index in [1.165, 1.54) is 28.8 Å². The van der Waals surface area contributed by atoms with E-state index in [-0.39, 0.29) is 40.3 Å². The number of hydrogen-bond acceptors (Lipinski definition) is 7. The van der Waals surface area contributed by atoms with Crippen molar-refractivity contribution >= 4 is 40.8 Å². The van der Waals surface area contributed by atoms with Gasteiger partial charge in [0.25, 0.3) is 5.56 Å². The fraction of sp³-hybridized carbons (Fsp3) is 0.103. The summed E-state index contributed by atoms with van der Waals surface area (Å²) in [5.74, 6) is -0.535. The number of nitriles is 1. The molecule has 40 heavy (non-hydrogen) atoms. The lowest BCUT2D eigenvalue weighted by atomic mass is 9.69. The molecular weight excluding hydrogens is 551 g/mol. The van der Waals surface area contributed by atoms with Gasteiger partial charge in [-0.1, -0.05) is 71.9 Å². The molecule has 0 unspecified atom stereocenters. The minimum Gasteiger partial charge on any atom is -0.384 e. The Morgan fingerprint density at radius 2 is 1.88 bits per heavy atom. The molecule has 3 aromatic carbocycles. The van der Waals surface area contributed by atoms with Gasteiger partial charge in [-0.25, -0.2) is 9.37 Å². The summed E-state index contributed by atoms with van der Waals surface area (Å²) < 4.78 is 13.6. The molecule has 198 valence electrons. The summed E-state index contributed by atoms with van der Waals surface area (Å²) in [6.07, 6.45) is 0. The molecule has 11 heteroatoms. The van der Waals surface area contributed by atoms with E-state index in [4.69, 9.17) is 17.3 Å². The highest BCUT2D eigenvalue weighted by atomic mass is 35.5. The fourth-order valence-electron chi connectivity index (χ4n) is 5.29. The van der Waals surface area contributed by atoms with Gasteiger partial charge in [0.15, 0.2) is 5.16 Å². The topological polar surface area (TPSA) is 128 Å². The smallest absolute Gasteiger partial charge is 0.258 e. The van der Waals surface area contributed by atoms with Gasteiger partial charge >= 0.3 is 0 Å². The number of amides is 1. The second-order valence-electron chi connectivity index (χ2n) is 9.29. The molecule has 3 heterocycles. The molecule has 0 radical (unpaired) electrons. The van der Waals surface area contributed by atoms with Crippen LogP contribution in [-0.4, -0.2) is 15.9 Å². The third kappa shape index (κ3) is 3.94. The Kier molecular flexibility index (Phi) is 6.33. The molecule has 1 spiro atoms. The average molecular weight is 571 g/mol. The molecule has 0 saturated heterocycles. The highest BCUT2D eigenvalue weighted by Gasteiger charge is 2.60. The van der Waals surface area contributed by atoms with Gasteiger partial charge in [0.2, 0.25) is 5.91 Å². The van der Waals surface area contributed by atoms with Gasteiger partial charge in [-0.2, -0.15) is 5.26 Å². The van der Waals surface area contributed by atoms with Crippen molar-refractivity contribution in [3.8, 4) is 6.07 Å². The first-order valence-electron chi connectivity index (χ1n) is 12.2. The van der Waals surface area contributed by atoms with Gasteiger partial charge in [0.1, 0.15) is 28.9 Å². The van der Waals surface area contributed by atoms with Crippen LogP contribution in [0.3, 0.4) is 0 Å². The van der Waals surface area contributed by atoms with Crippen molar-refractivity contribution in [2.75, 3.05) is 10.2 Å². The number of rotatable bonds is 5. The van der Waals surface area contributed by atoms with Gasteiger partial charge in [-0.05, 0) is 35.4 Å². The molecule has 1 amide bonds. The molecule has 8 nitrogen and oxygen atoms in total. The second kappa shape index (κ2) is 9.86. The number of H-pyrrole nitrogens is 1. The Balaban J connectivity index is 1.50. The largest absolute Gasteiger partial charge is 0.384 e. The number of carbonyl (C=O) groups excluding carboxylic acids is 1. The SMILES string of the molecule is N#CC1=C(N)Nc2nc(SCc3cccc(F)c3)[nH]c(=O)c2[C@@]12C(=O)N(Cc1ccccc1Cl)c1ccccc12. The van der Waals surface area contributed by atoms with Gasteiger partial charge < -0.3 is 20.9 Å².